The molecule has 0 radical (unpaired) electrons. The Bertz CT molecular complexity index is 460. The maximum Gasteiger partial charge on any atom is 1.00 e. The summed E-state index contributed by atoms with van der Waals surface area (Å²) < 4.78 is 0. The van der Waals surface area contributed by atoms with Crippen molar-refractivity contribution in [3.8, 4) is 5.75 Å². The number of hydrogen-bond donors (Lipinski definition) is 1. The van der Waals surface area contributed by atoms with Gasteiger partial charge in [0.05, 0.1) is 5.56 Å². The van der Waals surface area contributed by atoms with Crippen molar-refractivity contribution in [2.75, 3.05) is 0 Å². The molecule has 1 N–H and O–H groups in total. The second-order valence-corrected chi connectivity index (χ2v) is 6.42. The summed E-state index contributed by atoms with van der Waals surface area (Å²) >= 11 is 0. The number of aromatic carboxylic acids is 1. The summed E-state index contributed by atoms with van der Waals surface area (Å²) in [4.78, 5) is 10.9. The van der Waals surface area contributed by atoms with E-state index in [9.17, 15) is 9.90 Å². The third-order valence-electron chi connectivity index (χ3n) is 4.34. The van der Waals surface area contributed by atoms with Crippen LogP contribution in [0.5, 0.6) is 5.75 Å². The van der Waals surface area contributed by atoms with Crippen LogP contribution in [0.4, 0.5) is 0 Å². The van der Waals surface area contributed by atoms with Gasteiger partial charge >= 0.3 is 35.5 Å². The molecule has 0 spiro atoms. The molecule has 4 heteroatoms. The molecule has 24 heavy (non-hydrogen) atoms. The van der Waals surface area contributed by atoms with Crippen molar-refractivity contribution in [1.82, 2.24) is 0 Å². The maximum atomic E-state index is 11.4. The summed E-state index contributed by atoms with van der Waals surface area (Å²) in [5.74, 6) is -1.53. The van der Waals surface area contributed by atoms with Gasteiger partial charge in [-0.2, -0.15) is 0 Å². The SMILES string of the molecule is CCCCCCCCCCCCCc1ccc([O-])c(C(=O)O)c1.[Na+]. The van der Waals surface area contributed by atoms with Crippen molar-refractivity contribution in [1.29, 1.82) is 0 Å². The van der Waals surface area contributed by atoms with E-state index in [1.807, 2.05) is 0 Å². The van der Waals surface area contributed by atoms with Crippen LogP contribution in [0.1, 0.15) is 93.5 Å². The van der Waals surface area contributed by atoms with Gasteiger partial charge < -0.3 is 10.2 Å². The average molecular weight is 342 g/mol. The fraction of sp³-hybridized carbons (Fsp3) is 0.650. The van der Waals surface area contributed by atoms with Crippen LogP contribution < -0.4 is 34.7 Å². The minimum atomic E-state index is -1.13. The van der Waals surface area contributed by atoms with E-state index in [0.717, 1.165) is 18.4 Å². The third kappa shape index (κ3) is 10.4. The largest absolute Gasteiger partial charge is 1.00 e. The van der Waals surface area contributed by atoms with E-state index in [2.05, 4.69) is 6.92 Å². The molecule has 1 rings (SSSR count). The molecule has 1 aromatic rings. The maximum absolute atomic E-state index is 11.4. The second kappa shape index (κ2) is 14.8. The zero-order chi connectivity index (χ0) is 16.9. The number of aryl methyl sites for hydroxylation is 1. The van der Waals surface area contributed by atoms with Crippen molar-refractivity contribution in [2.45, 2.75) is 84.0 Å². The first-order valence-corrected chi connectivity index (χ1v) is 9.18. The second-order valence-electron chi connectivity index (χ2n) is 6.42. The van der Waals surface area contributed by atoms with E-state index in [4.69, 9.17) is 5.11 Å². The van der Waals surface area contributed by atoms with E-state index in [1.54, 1.807) is 6.07 Å². The quantitative estimate of drug-likeness (QED) is 0.442. The van der Waals surface area contributed by atoms with Crippen molar-refractivity contribution in [3.63, 3.8) is 0 Å². The molecule has 0 aromatic heterocycles. The Balaban J connectivity index is 0.00000529. The van der Waals surface area contributed by atoms with Gasteiger partial charge in [-0.1, -0.05) is 89.0 Å². The fourth-order valence-corrected chi connectivity index (χ4v) is 2.89. The predicted octanol–water partition coefficient (Wildman–Crippen LogP) is 2.32. The number of benzene rings is 1. The Hall–Kier alpha value is -0.510. The minimum Gasteiger partial charge on any atom is -0.872 e. The van der Waals surface area contributed by atoms with Crippen molar-refractivity contribution in [2.24, 2.45) is 0 Å². The number of unbranched alkanes of at least 4 members (excludes halogenated alkanes) is 10. The summed E-state index contributed by atoms with van der Waals surface area (Å²) in [6.07, 6.45) is 15.2. The molecule has 0 aliphatic carbocycles. The summed E-state index contributed by atoms with van der Waals surface area (Å²) in [6.45, 7) is 2.25. The number of rotatable bonds is 13. The van der Waals surface area contributed by atoms with E-state index in [0.29, 0.717) is 0 Å². The summed E-state index contributed by atoms with van der Waals surface area (Å²) in [5.41, 5.74) is 0.850. The molecule has 0 fully saturated rings. The topological polar surface area (TPSA) is 60.4 Å². The van der Waals surface area contributed by atoms with Crippen LogP contribution in [0.3, 0.4) is 0 Å². The van der Waals surface area contributed by atoms with Gasteiger partial charge in [-0.3, -0.25) is 0 Å². The monoisotopic (exact) mass is 342 g/mol. The van der Waals surface area contributed by atoms with Crippen molar-refractivity contribution in [3.05, 3.63) is 29.3 Å². The van der Waals surface area contributed by atoms with E-state index in [1.165, 1.54) is 76.3 Å². The molecule has 0 heterocycles. The first-order valence-electron chi connectivity index (χ1n) is 9.18. The molecular formula is C20H31NaO3. The Morgan fingerprint density at radius 3 is 1.92 bits per heavy atom. The summed E-state index contributed by atoms with van der Waals surface area (Å²) in [6, 6.07) is 4.66. The van der Waals surface area contributed by atoms with Crippen LogP contribution >= 0.6 is 0 Å². The molecule has 0 aliphatic rings. The van der Waals surface area contributed by atoms with Crippen LogP contribution in [0.25, 0.3) is 0 Å². The molecule has 0 saturated carbocycles. The van der Waals surface area contributed by atoms with Crippen molar-refractivity contribution < 1.29 is 44.6 Å². The molecule has 130 valence electrons. The van der Waals surface area contributed by atoms with E-state index < -0.39 is 11.7 Å². The Morgan fingerprint density at radius 1 is 0.917 bits per heavy atom. The van der Waals surface area contributed by atoms with E-state index in [-0.39, 0.29) is 35.1 Å². The van der Waals surface area contributed by atoms with Gasteiger partial charge in [-0.05, 0) is 24.5 Å². The van der Waals surface area contributed by atoms with Crippen LogP contribution in [0, 0.1) is 0 Å². The Labute approximate surface area is 169 Å². The third-order valence-corrected chi connectivity index (χ3v) is 4.34. The minimum absolute atomic E-state index is 0. The number of carbonyl (C=O) groups is 1. The molecule has 0 atom stereocenters. The van der Waals surface area contributed by atoms with Gasteiger partial charge in [-0.15, -0.1) is 0 Å². The fourth-order valence-electron chi connectivity index (χ4n) is 2.89. The predicted molar refractivity (Wildman–Crippen MR) is 93.0 cm³/mol. The molecule has 0 bridgehead atoms. The van der Waals surface area contributed by atoms with Crippen LogP contribution in [-0.4, -0.2) is 11.1 Å². The normalized spacial score (nSPS) is 10.4. The van der Waals surface area contributed by atoms with Gasteiger partial charge in [0.15, 0.2) is 0 Å². The summed E-state index contributed by atoms with van der Waals surface area (Å²) in [5, 5.41) is 20.3. The molecule has 0 unspecified atom stereocenters. The van der Waals surface area contributed by atoms with Crippen molar-refractivity contribution >= 4 is 5.97 Å². The molecule has 1 aromatic carbocycles. The number of carboxylic acid groups (broad SMARTS) is 1. The standard InChI is InChI=1S/C20H32O3.Na/c1-2-3-4-5-6-7-8-9-10-11-12-13-17-14-15-19(21)18(16-17)20(22)23;/h14-16,21H,2-13H2,1H3,(H,22,23);/q;+1/p-1. The molecule has 0 amide bonds. The van der Waals surface area contributed by atoms with E-state index >= 15 is 0 Å². The van der Waals surface area contributed by atoms with Gasteiger partial charge in [0.25, 0.3) is 0 Å². The zero-order valence-electron chi connectivity index (χ0n) is 15.5. The van der Waals surface area contributed by atoms with Crippen LogP contribution in [0.15, 0.2) is 18.2 Å². The molecule has 0 saturated heterocycles. The van der Waals surface area contributed by atoms with Gasteiger partial charge in [0.2, 0.25) is 0 Å². The smallest absolute Gasteiger partial charge is 0.872 e. The summed E-state index contributed by atoms with van der Waals surface area (Å²) in [7, 11) is 0. The molecule has 0 aliphatic heterocycles. The first kappa shape index (κ1) is 23.5. The molecular weight excluding hydrogens is 311 g/mol. The van der Waals surface area contributed by atoms with Crippen LogP contribution in [-0.2, 0) is 6.42 Å². The van der Waals surface area contributed by atoms with Gasteiger partial charge in [0.1, 0.15) is 0 Å². The van der Waals surface area contributed by atoms with Gasteiger partial charge in [-0.25, -0.2) is 4.79 Å². The molecule has 3 nitrogen and oxygen atoms in total. The number of carboxylic acids is 1. The van der Waals surface area contributed by atoms with Crippen LogP contribution in [0.2, 0.25) is 0 Å². The Kier molecular flexibility index (Phi) is 14.5. The average Bonchev–Trinajstić information content (AvgIpc) is 2.53. The Morgan fingerprint density at radius 2 is 1.42 bits per heavy atom. The zero-order valence-corrected chi connectivity index (χ0v) is 17.5. The van der Waals surface area contributed by atoms with Gasteiger partial charge in [0, 0.05) is 0 Å². The first-order chi connectivity index (χ1) is 11.1. The number of hydrogen-bond acceptors (Lipinski definition) is 2.